The number of hydrogen-bond donors (Lipinski definition) is 2. The number of nitrogens with two attached hydrogens (primary N) is 1. The highest BCUT2D eigenvalue weighted by Gasteiger charge is 2.17. The number of benzene rings is 2. The number of aromatic nitrogens is 1. The molecule has 0 aliphatic heterocycles. The van der Waals surface area contributed by atoms with Crippen LogP contribution in [0, 0.1) is 0 Å². The van der Waals surface area contributed by atoms with Crippen LogP contribution in [0.15, 0.2) is 55.1 Å². The van der Waals surface area contributed by atoms with E-state index in [1.807, 2.05) is 6.07 Å². The average molecular weight is 726 g/mol. The van der Waals surface area contributed by atoms with Gasteiger partial charge in [-0.25, -0.2) is 20.4 Å². The van der Waals surface area contributed by atoms with Crippen molar-refractivity contribution in [2.24, 2.45) is 5.84 Å². The van der Waals surface area contributed by atoms with Gasteiger partial charge >= 0.3 is 35.8 Å². The molecule has 0 aliphatic carbocycles. The monoisotopic (exact) mass is 725 g/mol. The van der Waals surface area contributed by atoms with E-state index in [1.54, 1.807) is 18.2 Å². The Morgan fingerprint density at radius 3 is 2.06 bits per heavy atom. The molecule has 0 fully saturated rings. The van der Waals surface area contributed by atoms with Crippen LogP contribution in [-0.2, 0) is 47.7 Å². The Morgan fingerprint density at radius 1 is 0.843 bits per heavy atom. The number of aldehydes is 1. The minimum absolute atomic E-state index is 0.0505. The van der Waals surface area contributed by atoms with Crippen LogP contribution in [0.1, 0.15) is 55.5 Å². The van der Waals surface area contributed by atoms with E-state index in [0.717, 1.165) is 16.8 Å². The number of nitrogens with one attached hydrogen (secondary N) is 1. The lowest BCUT2D eigenvalue weighted by Gasteiger charge is -2.12. The highest BCUT2D eigenvalue weighted by atomic mass is 32.1. The summed E-state index contributed by atoms with van der Waals surface area (Å²) in [6, 6.07) is 9.07. The van der Waals surface area contributed by atoms with Crippen LogP contribution < -0.4 is 20.7 Å². The maximum atomic E-state index is 12.3. The van der Waals surface area contributed by atoms with Crippen LogP contribution in [0.3, 0.4) is 0 Å². The molecule has 17 heteroatoms. The summed E-state index contributed by atoms with van der Waals surface area (Å²) in [6.45, 7) is 5.83. The molecule has 3 N–H and O–H groups in total. The van der Waals surface area contributed by atoms with E-state index < -0.39 is 48.0 Å². The number of hydrazine groups is 1. The molecule has 0 aliphatic rings. The van der Waals surface area contributed by atoms with Gasteiger partial charge in [0.25, 0.3) is 0 Å². The van der Waals surface area contributed by atoms with Crippen LogP contribution in [0.25, 0.3) is 16.3 Å². The van der Waals surface area contributed by atoms with Crippen molar-refractivity contribution in [3.05, 3.63) is 66.3 Å². The summed E-state index contributed by atoms with van der Waals surface area (Å²) in [5, 5.41) is 0.557. The fourth-order valence-corrected chi connectivity index (χ4v) is 4.69. The van der Waals surface area contributed by atoms with Gasteiger partial charge in [-0.1, -0.05) is 24.0 Å². The van der Waals surface area contributed by atoms with E-state index >= 15 is 0 Å². The van der Waals surface area contributed by atoms with Crippen LogP contribution in [-0.4, -0.2) is 72.5 Å². The lowest BCUT2D eigenvalue weighted by Crippen LogP contribution is -2.22. The SMILES string of the molecule is C=CC(=O)OC(C)COC(=O)CCC(=O)Oc1ccc(OC(=O)CCC(=O)OCC(C)OC(=O)/C=C/c2ccc3sc(NN)nc3c2)c(C=O)c1. The molecule has 0 bridgehead atoms. The van der Waals surface area contributed by atoms with Crippen molar-refractivity contribution in [1.29, 1.82) is 0 Å². The third-order valence-corrected chi connectivity index (χ3v) is 7.30. The van der Waals surface area contributed by atoms with E-state index in [0.29, 0.717) is 22.5 Å². The van der Waals surface area contributed by atoms with Crippen molar-refractivity contribution in [3.63, 3.8) is 0 Å². The molecule has 2 aromatic carbocycles. The molecule has 0 amide bonds. The molecule has 3 aromatic rings. The topological polar surface area (TPSA) is 226 Å². The van der Waals surface area contributed by atoms with E-state index in [9.17, 15) is 33.6 Å². The lowest BCUT2D eigenvalue weighted by atomic mass is 10.2. The summed E-state index contributed by atoms with van der Waals surface area (Å²) in [6.07, 6.45) is 1.23. The molecule has 51 heavy (non-hydrogen) atoms. The van der Waals surface area contributed by atoms with Crippen molar-refractivity contribution in [1.82, 2.24) is 4.98 Å². The Bertz CT molecular complexity index is 1800. The fourth-order valence-electron chi connectivity index (χ4n) is 3.93. The lowest BCUT2D eigenvalue weighted by molar-refractivity contribution is -0.155. The number of rotatable bonds is 19. The molecule has 0 radical (unpaired) electrons. The van der Waals surface area contributed by atoms with Gasteiger partial charge in [0.05, 0.1) is 41.5 Å². The zero-order valence-corrected chi connectivity index (χ0v) is 28.4. The third kappa shape index (κ3) is 13.8. The molecular weight excluding hydrogens is 690 g/mol. The van der Waals surface area contributed by atoms with Crippen LogP contribution >= 0.6 is 11.3 Å². The molecular formula is C34H35N3O13S. The molecule has 2 unspecified atom stereocenters. The van der Waals surface area contributed by atoms with E-state index in [1.165, 1.54) is 43.4 Å². The first-order chi connectivity index (χ1) is 24.4. The predicted octanol–water partition coefficient (Wildman–Crippen LogP) is 3.61. The van der Waals surface area contributed by atoms with Gasteiger partial charge in [-0.05, 0) is 55.8 Å². The van der Waals surface area contributed by atoms with Crippen molar-refractivity contribution in [2.75, 3.05) is 18.6 Å². The maximum absolute atomic E-state index is 12.3. The predicted molar refractivity (Wildman–Crippen MR) is 181 cm³/mol. The van der Waals surface area contributed by atoms with E-state index in [-0.39, 0.29) is 56.0 Å². The molecule has 2 atom stereocenters. The standard InChI is InChI=1S/C34H35N3O13S/c1-4-28(39)47-20(2)18-45-29(40)11-13-32(43)49-24-7-8-26(23(16-24)17-38)50-33(44)14-12-30(41)46-19-21(3)48-31(42)10-6-22-5-9-27-25(15-22)36-34(37-35)51-27/h4-10,15-17,20-21H,1,11-14,18-19,35H2,2-3H3,(H,36,37)/b10-6+. The minimum atomic E-state index is -0.845. The van der Waals surface area contributed by atoms with Crippen molar-refractivity contribution in [2.45, 2.75) is 51.7 Å². The van der Waals surface area contributed by atoms with Gasteiger partial charge in [-0.3, -0.25) is 29.4 Å². The van der Waals surface area contributed by atoms with Crippen LogP contribution in [0.4, 0.5) is 5.13 Å². The van der Waals surface area contributed by atoms with Gasteiger partial charge in [-0.15, -0.1) is 0 Å². The normalized spacial score (nSPS) is 11.9. The third-order valence-electron chi connectivity index (χ3n) is 6.34. The Hall–Kier alpha value is -5.94. The number of anilines is 1. The molecule has 0 spiro atoms. The summed E-state index contributed by atoms with van der Waals surface area (Å²) < 4.78 is 31.3. The largest absolute Gasteiger partial charge is 0.462 e. The molecule has 1 aromatic heterocycles. The first kappa shape index (κ1) is 39.5. The number of thiazole rings is 1. The molecule has 16 nitrogen and oxygen atoms in total. The van der Waals surface area contributed by atoms with E-state index in [4.69, 9.17) is 34.3 Å². The molecule has 0 saturated heterocycles. The van der Waals surface area contributed by atoms with Gasteiger partial charge in [-0.2, -0.15) is 0 Å². The molecule has 3 rings (SSSR count). The zero-order chi connectivity index (χ0) is 37.3. The summed E-state index contributed by atoms with van der Waals surface area (Å²) in [5.41, 5.74) is 3.79. The quantitative estimate of drug-likeness (QED) is 0.0342. The summed E-state index contributed by atoms with van der Waals surface area (Å²) in [4.78, 5) is 87.7. The van der Waals surface area contributed by atoms with E-state index in [2.05, 4.69) is 17.0 Å². The maximum Gasteiger partial charge on any atom is 0.331 e. The second-order valence-corrected chi connectivity index (χ2v) is 11.6. The highest BCUT2D eigenvalue weighted by Crippen LogP contribution is 2.26. The molecule has 270 valence electrons. The van der Waals surface area contributed by atoms with Gasteiger partial charge in [0.1, 0.15) is 36.9 Å². The molecule has 0 saturated carbocycles. The van der Waals surface area contributed by atoms with Crippen molar-refractivity contribution in [3.8, 4) is 11.5 Å². The number of fused-ring (bicyclic) bond motifs is 1. The Kier molecular flexibility index (Phi) is 15.4. The van der Waals surface area contributed by atoms with Crippen LogP contribution in [0.5, 0.6) is 11.5 Å². The van der Waals surface area contributed by atoms with Gasteiger partial charge in [0.15, 0.2) is 11.4 Å². The number of nitrogens with zero attached hydrogens (tertiary/aromatic N) is 1. The Balaban J connectivity index is 1.35. The summed E-state index contributed by atoms with van der Waals surface area (Å²) in [5.74, 6) is 0.741. The van der Waals surface area contributed by atoms with Crippen LogP contribution in [0.2, 0.25) is 0 Å². The first-order valence-electron chi connectivity index (χ1n) is 15.3. The second kappa shape index (κ2) is 19.9. The van der Waals surface area contributed by atoms with Gasteiger partial charge in [0.2, 0.25) is 0 Å². The van der Waals surface area contributed by atoms with Crippen molar-refractivity contribution >= 4 is 74.9 Å². The zero-order valence-electron chi connectivity index (χ0n) is 27.6. The van der Waals surface area contributed by atoms with Crippen molar-refractivity contribution < 1.29 is 62.0 Å². The second-order valence-electron chi connectivity index (χ2n) is 10.6. The number of carbonyl (C=O) groups is 7. The molecule has 1 heterocycles. The van der Waals surface area contributed by atoms with Gasteiger partial charge < -0.3 is 28.4 Å². The number of esters is 6. The first-order valence-corrected chi connectivity index (χ1v) is 16.1. The summed E-state index contributed by atoms with van der Waals surface area (Å²) in [7, 11) is 0. The highest BCUT2D eigenvalue weighted by molar-refractivity contribution is 7.22. The Morgan fingerprint density at radius 2 is 1.45 bits per heavy atom. The summed E-state index contributed by atoms with van der Waals surface area (Å²) >= 11 is 1.38. The number of nitrogen functional groups attached to an aromatic ring is 1. The number of hydrogen-bond acceptors (Lipinski definition) is 17. The minimum Gasteiger partial charge on any atom is -0.462 e. The number of carbonyl (C=O) groups excluding carboxylic acids is 7. The average Bonchev–Trinajstić information content (AvgIpc) is 3.53. The van der Waals surface area contributed by atoms with Gasteiger partial charge in [0, 0.05) is 12.2 Å². The Labute approximate surface area is 295 Å². The fraction of sp³-hybridized carbons (Fsp3) is 0.294. The number of ether oxygens (including phenoxy) is 6. The smallest absolute Gasteiger partial charge is 0.331 e.